The van der Waals surface area contributed by atoms with E-state index < -0.39 is 0 Å². The van der Waals surface area contributed by atoms with Gasteiger partial charge in [-0.15, -0.1) is 11.8 Å². The molecule has 0 N–H and O–H groups in total. The summed E-state index contributed by atoms with van der Waals surface area (Å²) in [4.78, 5) is 2.48. The molecule has 1 fully saturated rings. The maximum Gasteiger partial charge on any atom is 0.118 e. The molecular formula is C21H22ClNOS. The molecule has 2 aromatic rings. The highest BCUT2D eigenvalue weighted by atomic mass is 35.5. The number of thioether (sulfide) groups is 1. The summed E-state index contributed by atoms with van der Waals surface area (Å²) in [7, 11) is 1.69. The first kappa shape index (κ1) is 16.9. The van der Waals surface area contributed by atoms with Crippen molar-refractivity contribution in [1.29, 1.82) is 0 Å². The number of hydrogen-bond acceptors (Lipinski definition) is 3. The average Bonchev–Trinajstić information content (AvgIpc) is 3.11. The van der Waals surface area contributed by atoms with Crippen LogP contribution < -0.4 is 9.64 Å². The molecule has 0 bridgehead atoms. The molecule has 2 aromatic carbocycles. The lowest BCUT2D eigenvalue weighted by Crippen LogP contribution is -2.48. The molecule has 2 aliphatic rings. The molecule has 4 heteroatoms. The van der Waals surface area contributed by atoms with E-state index in [4.69, 9.17) is 16.3 Å². The minimum Gasteiger partial charge on any atom is -0.497 e. The van der Waals surface area contributed by atoms with Crippen LogP contribution >= 0.6 is 23.4 Å². The van der Waals surface area contributed by atoms with Crippen LogP contribution in [-0.2, 0) is 5.41 Å². The predicted octanol–water partition coefficient (Wildman–Crippen LogP) is 5.60. The molecule has 4 rings (SSSR count). The Hall–Kier alpha value is -1.58. The molecule has 0 aliphatic carbocycles. The number of nitrogens with zero attached hydrogens (tertiary/aromatic N) is 1. The quantitative estimate of drug-likeness (QED) is 0.696. The fourth-order valence-corrected chi connectivity index (χ4v) is 5.80. The molecule has 0 saturated carbocycles. The number of benzene rings is 2. The van der Waals surface area contributed by atoms with E-state index in [1.165, 1.54) is 16.8 Å². The molecule has 1 atom stereocenters. The number of hydrogen-bond donors (Lipinski definition) is 0. The van der Waals surface area contributed by atoms with Crippen molar-refractivity contribution in [3.05, 3.63) is 64.7 Å². The summed E-state index contributed by atoms with van der Waals surface area (Å²) < 4.78 is 5.25. The van der Waals surface area contributed by atoms with Crippen LogP contribution in [0.4, 0.5) is 5.69 Å². The van der Waals surface area contributed by atoms with Gasteiger partial charge in [0.05, 0.1) is 7.11 Å². The Morgan fingerprint density at radius 2 is 1.92 bits per heavy atom. The van der Waals surface area contributed by atoms with Crippen LogP contribution in [0, 0.1) is 0 Å². The zero-order valence-corrected chi connectivity index (χ0v) is 16.3. The lowest BCUT2D eigenvalue weighted by atomic mass is 9.79. The molecule has 2 nitrogen and oxygen atoms in total. The van der Waals surface area contributed by atoms with Gasteiger partial charge in [-0.1, -0.05) is 43.7 Å². The third-order valence-electron chi connectivity index (χ3n) is 5.47. The van der Waals surface area contributed by atoms with Crippen molar-refractivity contribution in [1.82, 2.24) is 0 Å². The van der Waals surface area contributed by atoms with Crippen LogP contribution in [0.1, 0.15) is 25.0 Å². The summed E-state index contributed by atoms with van der Waals surface area (Å²) in [6.45, 7) is 5.73. The van der Waals surface area contributed by atoms with Gasteiger partial charge >= 0.3 is 0 Å². The molecule has 1 saturated heterocycles. The monoisotopic (exact) mass is 371 g/mol. The molecule has 1 unspecified atom stereocenters. The Kier molecular flexibility index (Phi) is 4.04. The lowest BCUT2D eigenvalue weighted by molar-refractivity contribution is 0.415. The van der Waals surface area contributed by atoms with Crippen LogP contribution in [0.3, 0.4) is 0 Å². The van der Waals surface area contributed by atoms with Crippen molar-refractivity contribution in [3.8, 4) is 5.75 Å². The maximum absolute atomic E-state index is 6.30. The van der Waals surface area contributed by atoms with E-state index in [0.717, 1.165) is 23.1 Å². The van der Waals surface area contributed by atoms with Crippen molar-refractivity contribution in [2.24, 2.45) is 0 Å². The summed E-state index contributed by atoms with van der Waals surface area (Å²) in [5, 5.41) is 0.812. The van der Waals surface area contributed by atoms with Crippen LogP contribution in [0.25, 0.3) is 6.08 Å². The van der Waals surface area contributed by atoms with Gasteiger partial charge in [-0.25, -0.2) is 0 Å². The largest absolute Gasteiger partial charge is 0.497 e. The molecule has 25 heavy (non-hydrogen) atoms. The molecule has 0 radical (unpaired) electrons. The number of halogens is 1. The first-order valence-electron chi connectivity index (χ1n) is 8.53. The standard InChI is InChI=1S/C21H22ClNOS/c1-20(2)18-14-16(22)6-9-19(18)23-12-13-25-21(20,23)11-10-15-4-7-17(24-3)8-5-15/h4-11,14H,12-13H2,1-3H3/b11-10+. The number of rotatable bonds is 3. The highest BCUT2D eigenvalue weighted by molar-refractivity contribution is 8.01. The number of ether oxygens (including phenoxy) is 1. The van der Waals surface area contributed by atoms with Crippen LogP contribution in [0.2, 0.25) is 5.02 Å². The van der Waals surface area contributed by atoms with Gasteiger partial charge in [-0.3, -0.25) is 0 Å². The van der Waals surface area contributed by atoms with E-state index in [0.29, 0.717) is 0 Å². The van der Waals surface area contributed by atoms with Gasteiger partial charge < -0.3 is 9.64 Å². The van der Waals surface area contributed by atoms with Crippen molar-refractivity contribution in [2.75, 3.05) is 24.3 Å². The zero-order chi connectivity index (χ0) is 17.7. The third kappa shape index (κ3) is 2.48. The highest BCUT2D eigenvalue weighted by Gasteiger charge is 2.58. The predicted molar refractivity (Wildman–Crippen MR) is 109 cm³/mol. The summed E-state index contributed by atoms with van der Waals surface area (Å²) in [5.74, 6) is 2.02. The topological polar surface area (TPSA) is 12.5 Å². The molecular weight excluding hydrogens is 350 g/mol. The van der Waals surface area contributed by atoms with E-state index in [-0.39, 0.29) is 10.3 Å². The van der Waals surface area contributed by atoms with Gasteiger partial charge in [0.1, 0.15) is 10.6 Å². The number of methoxy groups -OCH3 is 1. The second-order valence-electron chi connectivity index (χ2n) is 7.09. The zero-order valence-electron chi connectivity index (χ0n) is 14.8. The normalized spacial score (nSPS) is 23.8. The van der Waals surface area contributed by atoms with E-state index in [9.17, 15) is 0 Å². The van der Waals surface area contributed by atoms with Gasteiger partial charge in [0.25, 0.3) is 0 Å². The Labute approximate surface area is 158 Å². The minimum atomic E-state index is -0.0695. The van der Waals surface area contributed by atoms with E-state index >= 15 is 0 Å². The third-order valence-corrected chi connectivity index (χ3v) is 7.40. The van der Waals surface area contributed by atoms with Crippen molar-refractivity contribution < 1.29 is 4.74 Å². The van der Waals surface area contributed by atoms with E-state index in [1.54, 1.807) is 7.11 Å². The van der Waals surface area contributed by atoms with Gasteiger partial charge in [-0.2, -0.15) is 0 Å². The fraction of sp³-hybridized carbons (Fsp3) is 0.333. The minimum absolute atomic E-state index is 0.0165. The van der Waals surface area contributed by atoms with E-state index in [2.05, 4.69) is 55.2 Å². The van der Waals surface area contributed by atoms with Crippen molar-refractivity contribution in [2.45, 2.75) is 24.1 Å². The Morgan fingerprint density at radius 1 is 1.16 bits per heavy atom. The van der Waals surface area contributed by atoms with Gasteiger partial charge in [0.2, 0.25) is 0 Å². The molecule has 130 valence electrons. The first-order chi connectivity index (χ1) is 12.0. The van der Waals surface area contributed by atoms with Gasteiger partial charge in [0.15, 0.2) is 0 Å². The summed E-state index contributed by atoms with van der Waals surface area (Å²) >= 11 is 8.33. The molecule has 0 aromatic heterocycles. The Balaban J connectivity index is 1.75. The smallest absolute Gasteiger partial charge is 0.118 e. The molecule has 2 aliphatic heterocycles. The SMILES string of the molecule is COc1ccc(/C=C/C23SCCN2c2ccc(Cl)cc2C3(C)C)cc1. The summed E-state index contributed by atoms with van der Waals surface area (Å²) in [6, 6.07) is 14.5. The second-order valence-corrected chi connectivity index (χ2v) is 8.85. The van der Waals surface area contributed by atoms with Crippen LogP contribution in [-0.4, -0.2) is 24.3 Å². The Bertz CT molecular complexity index is 830. The molecule has 0 amide bonds. The second kappa shape index (κ2) is 6.00. The molecule has 2 heterocycles. The summed E-state index contributed by atoms with van der Waals surface area (Å²) in [6.07, 6.45) is 4.61. The van der Waals surface area contributed by atoms with E-state index in [1.807, 2.05) is 30.0 Å². The van der Waals surface area contributed by atoms with Crippen LogP contribution in [0.5, 0.6) is 5.75 Å². The van der Waals surface area contributed by atoms with Crippen molar-refractivity contribution in [3.63, 3.8) is 0 Å². The maximum atomic E-state index is 6.30. The van der Waals surface area contributed by atoms with Gasteiger partial charge in [-0.05, 0) is 47.5 Å². The lowest BCUT2D eigenvalue weighted by Gasteiger charge is -2.40. The van der Waals surface area contributed by atoms with Gasteiger partial charge in [0, 0.05) is 28.4 Å². The fourth-order valence-electron chi connectivity index (χ4n) is 4.06. The summed E-state index contributed by atoms with van der Waals surface area (Å²) in [5.41, 5.74) is 3.83. The molecule has 0 spiro atoms. The van der Waals surface area contributed by atoms with Crippen molar-refractivity contribution >= 4 is 35.1 Å². The number of anilines is 1. The first-order valence-corrected chi connectivity index (χ1v) is 9.89. The highest BCUT2D eigenvalue weighted by Crippen LogP contribution is 2.60. The average molecular weight is 372 g/mol. The number of fused-ring (bicyclic) bond motifs is 3. The van der Waals surface area contributed by atoms with Crippen LogP contribution in [0.15, 0.2) is 48.5 Å². The Morgan fingerprint density at radius 3 is 2.64 bits per heavy atom.